The molecule has 1 aromatic rings. The lowest BCUT2D eigenvalue weighted by atomic mass is 10.1. The van der Waals surface area contributed by atoms with Crippen LogP contribution in [-0.4, -0.2) is 31.9 Å². The van der Waals surface area contributed by atoms with Crippen LogP contribution in [0.4, 0.5) is 11.4 Å². The number of nitrogens with zero attached hydrogens (tertiary/aromatic N) is 1. The third-order valence-corrected chi connectivity index (χ3v) is 3.62. The summed E-state index contributed by atoms with van der Waals surface area (Å²) in [4.78, 5) is 2.21. The Kier molecular flexibility index (Phi) is 4.20. The molecule has 0 aromatic heterocycles. The number of anilines is 2. The van der Waals surface area contributed by atoms with Crippen LogP contribution in [0.1, 0.15) is 27.2 Å². The number of hydrogen-bond donors (Lipinski definition) is 1. The van der Waals surface area contributed by atoms with Gasteiger partial charge in [0.15, 0.2) is 0 Å². The molecule has 0 bridgehead atoms. The minimum absolute atomic E-state index is 0.122. The molecule has 1 saturated heterocycles. The van der Waals surface area contributed by atoms with E-state index in [9.17, 15) is 0 Å². The van der Waals surface area contributed by atoms with Gasteiger partial charge in [-0.05, 0) is 39.3 Å². The van der Waals surface area contributed by atoms with Gasteiger partial charge in [0, 0.05) is 13.7 Å². The van der Waals surface area contributed by atoms with Gasteiger partial charge in [0.05, 0.1) is 29.6 Å². The minimum Gasteiger partial charge on any atom is -0.489 e. The third-order valence-electron chi connectivity index (χ3n) is 3.62. The average molecular weight is 264 g/mol. The number of likely N-dealkylation sites (N-methyl/N-ethyl adjacent to an activating group) is 1. The Hall–Kier alpha value is -1.42. The zero-order chi connectivity index (χ0) is 14.0. The molecule has 1 aliphatic heterocycles. The molecule has 1 aromatic carbocycles. The number of ether oxygens (including phenoxy) is 2. The SMILES string of the molecule is CC(C)Oc1cccc(N(C)C2CCOC2C)c1N. The lowest BCUT2D eigenvalue weighted by Gasteiger charge is -2.30. The highest BCUT2D eigenvalue weighted by Crippen LogP contribution is 2.35. The number of nitrogens with two attached hydrogens (primary N) is 1. The zero-order valence-corrected chi connectivity index (χ0v) is 12.2. The molecule has 4 heteroatoms. The Morgan fingerprint density at radius 3 is 2.74 bits per heavy atom. The van der Waals surface area contributed by atoms with E-state index in [-0.39, 0.29) is 12.2 Å². The molecule has 0 aliphatic carbocycles. The predicted octanol–water partition coefficient (Wildman–Crippen LogP) is 2.67. The second kappa shape index (κ2) is 5.70. The Labute approximate surface area is 115 Å². The molecule has 2 rings (SSSR count). The van der Waals surface area contributed by atoms with Gasteiger partial charge in [0.25, 0.3) is 0 Å². The molecule has 1 heterocycles. The van der Waals surface area contributed by atoms with Crippen LogP contribution in [0, 0.1) is 0 Å². The summed E-state index contributed by atoms with van der Waals surface area (Å²) in [6.07, 6.45) is 1.39. The van der Waals surface area contributed by atoms with Gasteiger partial charge in [-0.3, -0.25) is 0 Å². The van der Waals surface area contributed by atoms with Crippen molar-refractivity contribution in [3.63, 3.8) is 0 Å². The molecule has 106 valence electrons. The zero-order valence-electron chi connectivity index (χ0n) is 12.2. The molecule has 1 fully saturated rings. The van der Waals surface area contributed by atoms with Crippen molar-refractivity contribution in [1.29, 1.82) is 0 Å². The first-order valence-electron chi connectivity index (χ1n) is 6.90. The van der Waals surface area contributed by atoms with Crippen molar-refractivity contribution in [1.82, 2.24) is 0 Å². The molecule has 2 atom stereocenters. The number of para-hydroxylation sites is 1. The summed E-state index contributed by atoms with van der Waals surface area (Å²) >= 11 is 0. The van der Waals surface area contributed by atoms with E-state index in [1.165, 1.54) is 0 Å². The van der Waals surface area contributed by atoms with E-state index < -0.39 is 0 Å². The van der Waals surface area contributed by atoms with E-state index in [0.717, 1.165) is 24.5 Å². The van der Waals surface area contributed by atoms with Crippen molar-refractivity contribution in [2.24, 2.45) is 0 Å². The van der Waals surface area contributed by atoms with Gasteiger partial charge >= 0.3 is 0 Å². The summed E-state index contributed by atoms with van der Waals surface area (Å²) in [6.45, 7) is 6.93. The van der Waals surface area contributed by atoms with Gasteiger partial charge in [-0.1, -0.05) is 6.07 Å². The standard InChI is InChI=1S/C15H24N2O2/c1-10(2)19-14-7-5-6-13(15(14)16)17(4)12-8-9-18-11(12)3/h5-7,10-12H,8-9,16H2,1-4H3. The van der Waals surface area contributed by atoms with Gasteiger partial charge < -0.3 is 20.1 Å². The van der Waals surface area contributed by atoms with E-state index in [1.807, 2.05) is 32.0 Å². The van der Waals surface area contributed by atoms with Crippen LogP contribution in [-0.2, 0) is 4.74 Å². The van der Waals surface area contributed by atoms with E-state index in [1.54, 1.807) is 0 Å². The summed E-state index contributed by atoms with van der Waals surface area (Å²) in [6, 6.07) is 6.31. The number of benzene rings is 1. The van der Waals surface area contributed by atoms with Crippen LogP contribution in [0.15, 0.2) is 18.2 Å². The van der Waals surface area contributed by atoms with Gasteiger partial charge in [-0.25, -0.2) is 0 Å². The second-order valence-electron chi connectivity index (χ2n) is 5.40. The molecule has 2 N–H and O–H groups in total. The Morgan fingerprint density at radius 1 is 1.42 bits per heavy atom. The molecule has 0 spiro atoms. The lowest BCUT2D eigenvalue weighted by Crippen LogP contribution is -2.37. The number of hydrogen-bond acceptors (Lipinski definition) is 4. The first-order valence-corrected chi connectivity index (χ1v) is 6.90. The van der Waals surface area contributed by atoms with E-state index >= 15 is 0 Å². The van der Waals surface area contributed by atoms with Crippen LogP contribution in [0.5, 0.6) is 5.75 Å². The highest BCUT2D eigenvalue weighted by atomic mass is 16.5. The topological polar surface area (TPSA) is 47.7 Å². The fourth-order valence-electron chi connectivity index (χ4n) is 2.60. The van der Waals surface area contributed by atoms with Crippen molar-refractivity contribution >= 4 is 11.4 Å². The number of rotatable bonds is 4. The van der Waals surface area contributed by atoms with Gasteiger partial charge in [-0.15, -0.1) is 0 Å². The van der Waals surface area contributed by atoms with Gasteiger partial charge in [-0.2, -0.15) is 0 Å². The van der Waals surface area contributed by atoms with Crippen molar-refractivity contribution in [2.45, 2.75) is 45.4 Å². The normalized spacial score (nSPS) is 22.8. The van der Waals surface area contributed by atoms with E-state index in [0.29, 0.717) is 11.7 Å². The minimum atomic E-state index is 0.122. The quantitative estimate of drug-likeness (QED) is 0.849. The smallest absolute Gasteiger partial charge is 0.144 e. The Bertz CT molecular complexity index is 434. The molecule has 19 heavy (non-hydrogen) atoms. The van der Waals surface area contributed by atoms with Crippen LogP contribution in [0.25, 0.3) is 0 Å². The molecule has 0 amide bonds. The fourth-order valence-corrected chi connectivity index (χ4v) is 2.60. The van der Waals surface area contributed by atoms with Crippen molar-refractivity contribution < 1.29 is 9.47 Å². The summed E-state index contributed by atoms with van der Waals surface area (Å²) in [5, 5.41) is 0. The number of nitrogen functional groups attached to an aromatic ring is 1. The van der Waals surface area contributed by atoms with Crippen molar-refractivity contribution in [3.05, 3.63) is 18.2 Å². The summed E-state index contributed by atoms with van der Waals surface area (Å²) in [5.41, 5.74) is 7.96. The third kappa shape index (κ3) is 2.95. The first-order chi connectivity index (χ1) is 9.00. The van der Waals surface area contributed by atoms with Crippen molar-refractivity contribution in [3.8, 4) is 5.75 Å². The molecule has 4 nitrogen and oxygen atoms in total. The maximum atomic E-state index is 6.24. The maximum Gasteiger partial charge on any atom is 0.144 e. The fraction of sp³-hybridized carbons (Fsp3) is 0.600. The summed E-state index contributed by atoms with van der Waals surface area (Å²) < 4.78 is 11.4. The van der Waals surface area contributed by atoms with Crippen LogP contribution in [0.2, 0.25) is 0 Å². The van der Waals surface area contributed by atoms with Gasteiger partial charge in [0.1, 0.15) is 5.75 Å². The van der Waals surface area contributed by atoms with Crippen LogP contribution >= 0.6 is 0 Å². The monoisotopic (exact) mass is 264 g/mol. The Balaban J connectivity index is 2.24. The molecule has 0 saturated carbocycles. The highest BCUT2D eigenvalue weighted by molar-refractivity contribution is 5.74. The molecule has 0 radical (unpaired) electrons. The summed E-state index contributed by atoms with van der Waals surface area (Å²) in [5.74, 6) is 0.755. The second-order valence-corrected chi connectivity index (χ2v) is 5.40. The van der Waals surface area contributed by atoms with Crippen LogP contribution < -0.4 is 15.4 Å². The summed E-state index contributed by atoms with van der Waals surface area (Å²) in [7, 11) is 2.07. The van der Waals surface area contributed by atoms with Crippen molar-refractivity contribution in [2.75, 3.05) is 24.3 Å². The molecule has 2 unspecified atom stereocenters. The predicted molar refractivity (Wildman–Crippen MR) is 78.8 cm³/mol. The van der Waals surface area contributed by atoms with E-state index in [2.05, 4.69) is 18.9 Å². The largest absolute Gasteiger partial charge is 0.489 e. The van der Waals surface area contributed by atoms with Crippen LogP contribution in [0.3, 0.4) is 0 Å². The lowest BCUT2D eigenvalue weighted by molar-refractivity contribution is 0.118. The average Bonchev–Trinajstić information content (AvgIpc) is 2.77. The molecule has 1 aliphatic rings. The Morgan fingerprint density at radius 2 is 2.16 bits per heavy atom. The molecular weight excluding hydrogens is 240 g/mol. The maximum absolute atomic E-state index is 6.24. The van der Waals surface area contributed by atoms with E-state index in [4.69, 9.17) is 15.2 Å². The highest BCUT2D eigenvalue weighted by Gasteiger charge is 2.29. The first kappa shape index (κ1) is 14.0. The molecular formula is C15H24N2O2. The van der Waals surface area contributed by atoms with Gasteiger partial charge in [0.2, 0.25) is 0 Å².